The summed E-state index contributed by atoms with van der Waals surface area (Å²) < 4.78 is 0. The summed E-state index contributed by atoms with van der Waals surface area (Å²) in [7, 11) is 0. The van der Waals surface area contributed by atoms with E-state index in [1.807, 2.05) is 22.9 Å². The molecule has 3 heterocycles. The molecule has 0 aromatic carbocycles. The standard InChI is InChI=1S/C17H24N4O2/c1-3-16(23)21-8-5-4-6-15(21)17-18-10-13-11-20(12(2)22)9-7-14(13)19-17/h10,15H,3-9,11H2,1-2H3/t15-/m0/s1. The fraction of sp³-hybridized carbons (Fsp3) is 0.647. The van der Waals surface area contributed by atoms with E-state index in [0.717, 1.165) is 49.3 Å². The van der Waals surface area contributed by atoms with Gasteiger partial charge >= 0.3 is 0 Å². The lowest BCUT2D eigenvalue weighted by molar-refractivity contribution is -0.135. The molecule has 1 fully saturated rings. The highest BCUT2D eigenvalue weighted by Gasteiger charge is 2.30. The SMILES string of the molecule is CCC(=O)N1CCCC[C@H]1c1ncc2c(n1)CCN(C(C)=O)C2. The molecule has 2 amide bonds. The minimum atomic E-state index is 0.00679. The molecule has 124 valence electrons. The van der Waals surface area contributed by atoms with E-state index >= 15 is 0 Å². The number of amides is 2. The van der Waals surface area contributed by atoms with Crippen LogP contribution < -0.4 is 0 Å². The van der Waals surface area contributed by atoms with Gasteiger partial charge in [-0.05, 0) is 19.3 Å². The van der Waals surface area contributed by atoms with Gasteiger partial charge in [-0.15, -0.1) is 0 Å². The van der Waals surface area contributed by atoms with Crippen molar-refractivity contribution in [1.82, 2.24) is 19.8 Å². The molecule has 0 bridgehead atoms. The third-order valence-corrected chi connectivity index (χ3v) is 4.82. The highest BCUT2D eigenvalue weighted by atomic mass is 16.2. The molecule has 3 rings (SSSR count). The summed E-state index contributed by atoms with van der Waals surface area (Å²) in [6.45, 7) is 5.60. The fourth-order valence-electron chi connectivity index (χ4n) is 3.46. The highest BCUT2D eigenvalue weighted by molar-refractivity contribution is 5.76. The Labute approximate surface area is 136 Å². The molecule has 6 heteroatoms. The first kappa shape index (κ1) is 15.9. The molecular formula is C17H24N4O2. The summed E-state index contributed by atoms with van der Waals surface area (Å²) in [4.78, 5) is 36.7. The van der Waals surface area contributed by atoms with Crippen molar-refractivity contribution in [2.45, 2.75) is 58.5 Å². The number of likely N-dealkylation sites (tertiary alicyclic amines) is 1. The van der Waals surface area contributed by atoms with Gasteiger partial charge in [0.1, 0.15) is 0 Å². The summed E-state index contributed by atoms with van der Waals surface area (Å²) in [5.41, 5.74) is 2.06. The maximum Gasteiger partial charge on any atom is 0.222 e. The molecule has 2 aliphatic rings. The summed E-state index contributed by atoms with van der Waals surface area (Å²) in [5.74, 6) is 1.03. The van der Waals surface area contributed by atoms with Crippen LogP contribution in [0.15, 0.2) is 6.20 Å². The Kier molecular flexibility index (Phi) is 4.59. The van der Waals surface area contributed by atoms with Crippen molar-refractivity contribution in [3.8, 4) is 0 Å². The van der Waals surface area contributed by atoms with Gasteiger partial charge in [0, 0.05) is 51.2 Å². The van der Waals surface area contributed by atoms with Crippen molar-refractivity contribution in [2.75, 3.05) is 13.1 Å². The molecule has 0 N–H and O–H groups in total. The molecule has 0 aliphatic carbocycles. The van der Waals surface area contributed by atoms with Crippen LogP contribution in [0.4, 0.5) is 0 Å². The normalized spacial score (nSPS) is 21.0. The molecular weight excluding hydrogens is 292 g/mol. The van der Waals surface area contributed by atoms with Crippen molar-refractivity contribution in [2.24, 2.45) is 0 Å². The predicted octanol–water partition coefficient (Wildman–Crippen LogP) is 1.84. The van der Waals surface area contributed by atoms with Gasteiger partial charge in [0.15, 0.2) is 5.82 Å². The second-order valence-electron chi connectivity index (χ2n) is 6.34. The molecule has 1 saturated heterocycles. The fourth-order valence-corrected chi connectivity index (χ4v) is 3.46. The number of piperidine rings is 1. The Balaban J connectivity index is 1.83. The maximum atomic E-state index is 12.2. The van der Waals surface area contributed by atoms with Crippen molar-refractivity contribution in [1.29, 1.82) is 0 Å². The van der Waals surface area contributed by atoms with Gasteiger partial charge in [0.25, 0.3) is 0 Å². The van der Waals surface area contributed by atoms with Crippen LogP contribution in [0.1, 0.15) is 62.7 Å². The van der Waals surface area contributed by atoms with Gasteiger partial charge in [-0.3, -0.25) is 9.59 Å². The topological polar surface area (TPSA) is 66.4 Å². The number of carbonyl (C=O) groups excluding carboxylic acids is 2. The molecule has 0 saturated carbocycles. The Hall–Kier alpha value is -1.98. The van der Waals surface area contributed by atoms with Gasteiger partial charge in [0.05, 0.1) is 11.7 Å². The number of nitrogens with zero attached hydrogens (tertiary/aromatic N) is 4. The van der Waals surface area contributed by atoms with E-state index in [4.69, 9.17) is 4.98 Å². The first-order chi connectivity index (χ1) is 11.1. The minimum Gasteiger partial charge on any atom is -0.338 e. The van der Waals surface area contributed by atoms with Gasteiger partial charge < -0.3 is 9.80 Å². The van der Waals surface area contributed by atoms with Crippen LogP contribution in [0.2, 0.25) is 0 Å². The van der Waals surface area contributed by atoms with Crippen LogP contribution in [-0.2, 0) is 22.6 Å². The number of aromatic nitrogens is 2. The summed E-state index contributed by atoms with van der Waals surface area (Å²) in [6, 6.07) is 0.00679. The second kappa shape index (κ2) is 6.64. The Morgan fingerprint density at radius 3 is 2.87 bits per heavy atom. The van der Waals surface area contributed by atoms with E-state index in [1.165, 1.54) is 0 Å². The number of hydrogen-bond acceptors (Lipinski definition) is 4. The van der Waals surface area contributed by atoms with Crippen molar-refractivity contribution < 1.29 is 9.59 Å². The smallest absolute Gasteiger partial charge is 0.222 e. The Morgan fingerprint density at radius 1 is 1.30 bits per heavy atom. The van der Waals surface area contributed by atoms with E-state index in [1.54, 1.807) is 6.92 Å². The van der Waals surface area contributed by atoms with Crippen molar-refractivity contribution in [3.05, 3.63) is 23.3 Å². The molecule has 0 spiro atoms. The monoisotopic (exact) mass is 316 g/mol. The van der Waals surface area contributed by atoms with Gasteiger partial charge in [-0.2, -0.15) is 0 Å². The third kappa shape index (κ3) is 3.21. The minimum absolute atomic E-state index is 0.00679. The highest BCUT2D eigenvalue weighted by Crippen LogP contribution is 2.30. The van der Waals surface area contributed by atoms with Gasteiger partial charge in [0.2, 0.25) is 11.8 Å². The first-order valence-corrected chi connectivity index (χ1v) is 8.49. The van der Waals surface area contributed by atoms with E-state index in [9.17, 15) is 9.59 Å². The van der Waals surface area contributed by atoms with Crippen LogP contribution in [0.3, 0.4) is 0 Å². The molecule has 6 nitrogen and oxygen atoms in total. The molecule has 0 unspecified atom stereocenters. The number of fused-ring (bicyclic) bond motifs is 1. The summed E-state index contributed by atoms with van der Waals surface area (Å²) in [5, 5.41) is 0. The third-order valence-electron chi connectivity index (χ3n) is 4.82. The second-order valence-corrected chi connectivity index (χ2v) is 6.34. The average molecular weight is 316 g/mol. The molecule has 1 atom stereocenters. The van der Waals surface area contributed by atoms with E-state index < -0.39 is 0 Å². The van der Waals surface area contributed by atoms with E-state index in [-0.39, 0.29) is 17.9 Å². The lowest BCUT2D eigenvalue weighted by Crippen LogP contribution is -2.39. The number of rotatable bonds is 2. The Bertz CT molecular complexity index is 617. The summed E-state index contributed by atoms with van der Waals surface area (Å²) in [6.07, 6.45) is 6.23. The van der Waals surface area contributed by atoms with Crippen LogP contribution in [0.5, 0.6) is 0 Å². The number of carbonyl (C=O) groups is 2. The van der Waals surface area contributed by atoms with Crippen molar-refractivity contribution >= 4 is 11.8 Å². The van der Waals surface area contributed by atoms with Crippen LogP contribution in [0, 0.1) is 0 Å². The van der Waals surface area contributed by atoms with Gasteiger partial charge in [-0.25, -0.2) is 9.97 Å². The zero-order chi connectivity index (χ0) is 16.4. The van der Waals surface area contributed by atoms with Crippen LogP contribution >= 0.6 is 0 Å². The summed E-state index contributed by atoms with van der Waals surface area (Å²) >= 11 is 0. The van der Waals surface area contributed by atoms with Crippen LogP contribution in [-0.4, -0.2) is 44.7 Å². The zero-order valence-electron chi connectivity index (χ0n) is 13.9. The largest absolute Gasteiger partial charge is 0.338 e. The molecule has 0 radical (unpaired) electrons. The quantitative estimate of drug-likeness (QED) is 0.835. The average Bonchev–Trinajstić information content (AvgIpc) is 2.60. The zero-order valence-corrected chi connectivity index (χ0v) is 13.9. The maximum absolute atomic E-state index is 12.2. The molecule has 1 aromatic heterocycles. The lowest BCUT2D eigenvalue weighted by atomic mass is 10.00. The first-order valence-electron chi connectivity index (χ1n) is 8.49. The molecule has 1 aromatic rings. The van der Waals surface area contributed by atoms with Gasteiger partial charge in [-0.1, -0.05) is 6.92 Å². The number of hydrogen-bond donors (Lipinski definition) is 0. The molecule has 2 aliphatic heterocycles. The predicted molar refractivity (Wildman–Crippen MR) is 85.4 cm³/mol. The van der Waals surface area contributed by atoms with E-state index in [2.05, 4.69) is 4.98 Å². The molecule has 23 heavy (non-hydrogen) atoms. The Morgan fingerprint density at radius 2 is 2.13 bits per heavy atom. The lowest BCUT2D eigenvalue weighted by Gasteiger charge is -2.35. The van der Waals surface area contributed by atoms with Crippen LogP contribution in [0.25, 0.3) is 0 Å². The van der Waals surface area contributed by atoms with Crippen molar-refractivity contribution in [3.63, 3.8) is 0 Å². The van der Waals surface area contributed by atoms with E-state index in [0.29, 0.717) is 19.5 Å².